The summed E-state index contributed by atoms with van der Waals surface area (Å²) in [4.78, 5) is 0.176. The number of hydrogen-bond acceptors (Lipinski definition) is 4. The highest BCUT2D eigenvalue weighted by molar-refractivity contribution is 9.09. The summed E-state index contributed by atoms with van der Waals surface area (Å²) in [5, 5.41) is 1.73. The van der Waals surface area contributed by atoms with E-state index in [1.807, 2.05) is 13.0 Å². The summed E-state index contributed by atoms with van der Waals surface area (Å²) in [7, 11) is -3.87. The van der Waals surface area contributed by atoms with Gasteiger partial charge < -0.3 is 9.47 Å². The molecule has 3 rings (SSSR count). The van der Waals surface area contributed by atoms with E-state index in [0.29, 0.717) is 28.8 Å². The van der Waals surface area contributed by atoms with Crippen LogP contribution in [0.25, 0.3) is 0 Å². The number of ether oxygens (including phenoxy) is 2. The number of alkyl halides is 1. The maximum atomic E-state index is 13.8. The minimum atomic E-state index is -3.87. The second kappa shape index (κ2) is 12.0. The first-order valence-corrected chi connectivity index (χ1v) is 14.0. The zero-order valence-corrected chi connectivity index (χ0v) is 21.9. The van der Waals surface area contributed by atoms with Crippen molar-refractivity contribution in [2.45, 2.75) is 62.9 Å². The molecular weight excluding hydrogens is 537 g/mol. The molecule has 9 heteroatoms. The number of sulfonamides is 1. The van der Waals surface area contributed by atoms with Gasteiger partial charge in [0.25, 0.3) is 10.0 Å². The Kier molecular flexibility index (Phi) is 9.70. The zero-order valence-electron chi connectivity index (χ0n) is 18.0. The first-order chi connectivity index (χ1) is 15.3. The molecule has 2 atom stereocenters. The van der Waals surface area contributed by atoms with E-state index in [-0.39, 0.29) is 23.8 Å². The van der Waals surface area contributed by atoms with Crippen molar-refractivity contribution in [3.05, 3.63) is 58.1 Å². The second-order valence-corrected chi connectivity index (χ2v) is 11.3. The van der Waals surface area contributed by atoms with Gasteiger partial charge in [0, 0.05) is 33.6 Å². The van der Waals surface area contributed by atoms with Gasteiger partial charge in [0.15, 0.2) is 6.29 Å². The Morgan fingerprint density at radius 2 is 1.88 bits per heavy atom. The molecule has 0 aromatic heterocycles. The summed E-state index contributed by atoms with van der Waals surface area (Å²) in [6.07, 6.45) is 4.15. The zero-order chi connectivity index (χ0) is 23.1. The second-order valence-electron chi connectivity index (χ2n) is 7.82. The molecule has 0 bridgehead atoms. The van der Waals surface area contributed by atoms with Gasteiger partial charge in [0.05, 0.1) is 17.2 Å². The van der Waals surface area contributed by atoms with Crippen LogP contribution in [0.1, 0.15) is 44.6 Å². The molecule has 0 radical (unpaired) electrons. The van der Waals surface area contributed by atoms with Gasteiger partial charge in [-0.3, -0.25) is 4.31 Å². The third-order valence-electron chi connectivity index (χ3n) is 5.37. The lowest BCUT2D eigenvalue weighted by Gasteiger charge is -2.33. The van der Waals surface area contributed by atoms with Crippen molar-refractivity contribution in [1.82, 2.24) is 0 Å². The molecule has 0 N–H and O–H groups in total. The van der Waals surface area contributed by atoms with E-state index in [2.05, 4.69) is 15.9 Å². The Labute approximate surface area is 209 Å². The van der Waals surface area contributed by atoms with Crippen LogP contribution in [0, 0.1) is 0 Å². The summed E-state index contributed by atoms with van der Waals surface area (Å²) >= 11 is 15.8. The van der Waals surface area contributed by atoms with Crippen LogP contribution in [0.3, 0.4) is 0 Å². The lowest BCUT2D eigenvalue weighted by atomic mass is 10.1. The third-order valence-corrected chi connectivity index (χ3v) is 8.36. The van der Waals surface area contributed by atoms with E-state index in [0.717, 1.165) is 36.6 Å². The summed E-state index contributed by atoms with van der Waals surface area (Å²) in [5.74, 6) is 0. The smallest absolute Gasteiger partial charge is 0.264 e. The van der Waals surface area contributed by atoms with Gasteiger partial charge in [-0.1, -0.05) is 45.2 Å². The molecule has 2 aromatic carbocycles. The number of halogens is 3. The fourth-order valence-electron chi connectivity index (χ4n) is 3.70. The Morgan fingerprint density at radius 3 is 2.53 bits per heavy atom. The van der Waals surface area contributed by atoms with E-state index in [1.165, 1.54) is 16.4 Å². The van der Waals surface area contributed by atoms with E-state index in [4.69, 9.17) is 32.7 Å². The monoisotopic (exact) mass is 563 g/mol. The van der Waals surface area contributed by atoms with Crippen LogP contribution in [-0.2, 0) is 26.1 Å². The maximum absolute atomic E-state index is 13.8. The fraction of sp³-hybridized carbons (Fsp3) is 0.478. The third kappa shape index (κ3) is 6.61. The molecule has 1 saturated heterocycles. The van der Waals surface area contributed by atoms with Gasteiger partial charge in [-0.25, -0.2) is 8.42 Å². The van der Waals surface area contributed by atoms with Crippen LogP contribution < -0.4 is 4.31 Å². The fourth-order valence-corrected chi connectivity index (χ4v) is 6.03. The Hall–Kier alpha value is -0.830. The van der Waals surface area contributed by atoms with Crippen molar-refractivity contribution in [2.24, 2.45) is 0 Å². The van der Waals surface area contributed by atoms with E-state index in [9.17, 15) is 8.42 Å². The quantitative estimate of drug-likeness (QED) is 0.298. The van der Waals surface area contributed by atoms with Crippen LogP contribution in [0.15, 0.2) is 47.4 Å². The summed E-state index contributed by atoms with van der Waals surface area (Å²) in [5.41, 5.74) is 1.26. The molecule has 176 valence electrons. The standard InChI is InChI=1S/C23H28BrCl2NO4S/c1-17(5-4-13-24)27(32(28,29)21-11-9-19(25)10-12-21)22-15-20(26)8-7-18(22)16-31-23-6-2-3-14-30-23/h7-12,15,17,23H,2-6,13-14,16H2,1H3/t17-,23?/m1/s1. The summed E-state index contributed by atoms with van der Waals surface area (Å²) in [6, 6.07) is 11.2. The molecule has 0 spiro atoms. The van der Waals surface area contributed by atoms with Crippen molar-refractivity contribution >= 4 is 54.8 Å². The normalized spacial score (nSPS) is 17.8. The van der Waals surface area contributed by atoms with Gasteiger partial charge in [-0.2, -0.15) is 0 Å². The molecule has 32 heavy (non-hydrogen) atoms. The number of benzene rings is 2. The van der Waals surface area contributed by atoms with Crippen molar-refractivity contribution in [2.75, 3.05) is 16.2 Å². The molecule has 0 amide bonds. The number of rotatable bonds is 10. The molecule has 2 aromatic rings. The molecule has 1 heterocycles. The largest absolute Gasteiger partial charge is 0.353 e. The van der Waals surface area contributed by atoms with Gasteiger partial charge in [-0.15, -0.1) is 0 Å². The molecular formula is C23H28BrCl2NO4S. The Bertz CT molecular complexity index is 982. The summed E-state index contributed by atoms with van der Waals surface area (Å²) < 4.78 is 40.7. The van der Waals surface area contributed by atoms with Crippen LogP contribution in [0.5, 0.6) is 0 Å². The molecule has 5 nitrogen and oxygen atoms in total. The highest BCUT2D eigenvalue weighted by Gasteiger charge is 2.31. The van der Waals surface area contributed by atoms with Crippen molar-refractivity contribution in [3.8, 4) is 0 Å². The molecule has 1 aliphatic rings. The lowest BCUT2D eigenvalue weighted by molar-refractivity contribution is -0.168. The van der Waals surface area contributed by atoms with Gasteiger partial charge in [-0.05, 0) is 75.4 Å². The van der Waals surface area contributed by atoms with Crippen molar-refractivity contribution < 1.29 is 17.9 Å². The first-order valence-electron chi connectivity index (χ1n) is 10.7. The van der Waals surface area contributed by atoms with Crippen LogP contribution in [0.2, 0.25) is 10.0 Å². The van der Waals surface area contributed by atoms with Crippen molar-refractivity contribution in [3.63, 3.8) is 0 Å². The predicted octanol–water partition coefficient (Wildman–Crippen LogP) is 6.80. The van der Waals surface area contributed by atoms with Gasteiger partial charge in [0.1, 0.15) is 0 Å². The highest BCUT2D eigenvalue weighted by atomic mass is 79.9. The predicted molar refractivity (Wildman–Crippen MR) is 133 cm³/mol. The van der Waals surface area contributed by atoms with E-state index in [1.54, 1.807) is 24.3 Å². The van der Waals surface area contributed by atoms with Gasteiger partial charge >= 0.3 is 0 Å². The number of hydrogen-bond donors (Lipinski definition) is 0. The van der Waals surface area contributed by atoms with Crippen LogP contribution in [0.4, 0.5) is 5.69 Å². The molecule has 1 unspecified atom stereocenters. The topological polar surface area (TPSA) is 55.8 Å². The average molecular weight is 565 g/mol. The van der Waals surface area contributed by atoms with Crippen LogP contribution in [-0.4, -0.2) is 32.7 Å². The molecule has 0 aliphatic carbocycles. The minimum absolute atomic E-state index is 0.176. The highest BCUT2D eigenvalue weighted by Crippen LogP contribution is 2.34. The van der Waals surface area contributed by atoms with Crippen molar-refractivity contribution in [1.29, 1.82) is 0 Å². The Morgan fingerprint density at radius 1 is 1.16 bits per heavy atom. The van der Waals surface area contributed by atoms with E-state index >= 15 is 0 Å². The van der Waals surface area contributed by atoms with E-state index < -0.39 is 10.0 Å². The molecule has 0 saturated carbocycles. The molecule has 1 fully saturated rings. The van der Waals surface area contributed by atoms with Gasteiger partial charge in [0.2, 0.25) is 0 Å². The lowest BCUT2D eigenvalue weighted by Crippen LogP contribution is -2.39. The first kappa shape index (κ1) is 25.8. The minimum Gasteiger partial charge on any atom is -0.353 e. The SMILES string of the molecule is C[C@H](CCCBr)N(c1cc(Cl)ccc1COC1CCCCO1)S(=O)(=O)c1ccc(Cl)cc1. The average Bonchev–Trinajstić information content (AvgIpc) is 2.78. The Balaban J connectivity index is 1.99. The molecule has 1 aliphatic heterocycles. The maximum Gasteiger partial charge on any atom is 0.264 e. The summed E-state index contributed by atoms with van der Waals surface area (Å²) in [6.45, 7) is 2.82. The number of anilines is 1. The number of nitrogens with zero attached hydrogens (tertiary/aromatic N) is 1. The van der Waals surface area contributed by atoms with Crippen LogP contribution >= 0.6 is 39.1 Å².